The van der Waals surface area contributed by atoms with Gasteiger partial charge in [-0.1, -0.05) is 43.2 Å². The first-order valence-electron chi connectivity index (χ1n) is 7.68. The molecule has 0 aliphatic carbocycles. The van der Waals surface area contributed by atoms with Crippen molar-refractivity contribution >= 4 is 46.4 Å². The van der Waals surface area contributed by atoms with Crippen LogP contribution in [-0.4, -0.2) is 16.9 Å². The van der Waals surface area contributed by atoms with Crippen molar-refractivity contribution in [3.05, 3.63) is 40.9 Å². The van der Waals surface area contributed by atoms with Crippen molar-refractivity contribution < 1.29 is 9.59 Å². The van der Waals surface area contributed by atoms with E-state index >= 15 is 0 Å². The number of rotatable bonds is 4. The maximum absolute atomic E-state index is 12.6. The van der Waals surface area contributed by atoms with Gasteiger partial charge >= 0.3 is 0 Å². The van der Waals surface area contributed by atoms with Crippen LogP contribution in [0, 0.1) is 11.8 Å². The van der Waals surface area contributed by atoms with Crippen LogP contribution < -0.4 is 10.2 Å². The van der Waals surface area contributed by atoms with Crippen molar-refractivity contribution in [3.63, 3.8) is 0 Å². The Balaban J connectivity index is 2.20. The highest BCUT2D eigenvalue weighted by molar-refractivity contribution is 7.80. The molecule has 1 aliphatic rings. The molecule has 124 valence electrons. The fourth-order valence-electron chi connectivity index (χ4n) is 2.14. The zero-order chi connectivity index (χ0) is 17.5. The Morgan fingerprint density at radius 3 is 2.62 bits per heavy atom. The number of halogens is 1. The molecule has 1 N–H and O–H groups in total. The van der Waals surface area contributed by atoms with E-state index in [9.17, 15) is 9.59 Å². The molecule has 0 bridgehead atoms. The van der Waals surface area contributed by atoms with Crippen LogP contribution in [0.2, 0.25) is 5.02 Å². The number of amides is 2. The standard InChI is InChI=1S/C18H17ClN2O2S/c1-2-3-4-5-6-7-8-15-16(22)20-18(24)21(17(15)23)14-11-9-13(19)10-12-14/h8-12H,2-5H2,1H3,(H,20,22,24). The molecular formula is C18H17ClN2O2S. The summed E-state index contributed by atoms with van der Waals surface area (Å²) in [5, 5.41) is 3.10. The molecule has 1 saturated heterocycles. The van der Waals surface area contributed by atoms with Gasteiger partial charge in [0, 0.05) is 17.5 Å². The second-order valence-electron chi connectivity index (χ2n) is 5.21. The van der Waals surface area contributed by atoms with E-state index < -0.39 is 11.8 Å². The number of unbranched alkanes of at least 4 members (excludes halogenated alkanes) is 3. The average molecular weight is 361 g/mol. The first-order valence-corrected chi connectivity index (χ1v) is 8.47. The van der Waals surface area contributed by atoms with E-state index in [4.69, 9.17) is 23.8 Å². The largest absolute Gasteiger partial charge is 0.298 e. The molecule has 0 aromatic heterocycles. The van der Waals surface area contributed by atoms with Crippen LogP contribution in [0.5, 0.6) is 0 Å². The molecule has 0 radical (unpaired) electrons. The third-order valence-electron chi connectivity index (χ3n) is 3.41. The highest BCUT2D eigenvalue weighted by atomic mass is 35.5. The smallest absolute Gasteiger partial charge is 0.270 e. The van der Waals surface area contributed by atoms with Gasteiger partial charge in [0.15, 0.2) is 5.11 Å². The van der Waals surface area contributed by atoms with E-state index in [1.165, 1.54) is 11.0 Å². The van der Waals surface area contributed by atoms with Gasteiger partial charge in [0.25, 0.3) is 11.8 Å². The zero-order valence-electron chi connectivity index (χ0n) is 13.3. The maximum Gasteiger partial charge on any atom is 0.270 e. The number of nitrogens with zero attached hydrogens (tertiary/aromatic N) is 1. The molecule has 1 aliphatic heterocycles. The third kappa shape index (κ3) is 4.44. The number of benzene rings is 1. The van der Waals surface area contributed by atoms with Crippen molar-refractivity contribution in [3.8, 4) is 11.8 Å². The summed E-state index contributed by atoms with van der Waals surface area (Å²) >= 11 is 11.0. The summed E-state index contributed by atoms with van der Waals surface area (Å²) in [5.41, 5.74) is 0.512. The summed E-state index contributed by atoms with van der Waals surface area (Å²) in [6.45, 7) is 2.12. The Kier molecular flexibility index (Phi) is 6.53. The Bertz CT molecular complexity index is 745. The molecule has 1 fully saturated rings. The lowest BCUT2D eigenvalue weighted by atomic mass is 10.1. The molecule has 6 heteroatoms. The quantitative estimate of drug-likeness (QED) is 0.293. The minimum atomic E-state index is -0.530. The predicted molar refractivity (Wildman–Crippen MR) is 99.7 cm³/mol. The molecular weight excluding hydrogens is 344 g/mol. The van der Waals surface area contributed by atoms with Gasteiger partial charge in [-0.3, -0.25) is 19.8 Å². The van der Waals surface area contributed by atoms with E-state index in [-0.39, 0.29) is 10.7 Å². The highest BCUT2D eigenvalue weighted by Crippen LogP contribution is 2.22. The predicted octanol–water partition coefficient (Wildman–Crippen LogP) is 3.60. The first kappa shape index (κ1) is 18.2. The lowest BCUT2D eigenvalue weighted by Crippen LogP contribution is -2.54. The SMILES string of the molecule is CCCCCC#CC=C1C(=O)NC(=S)N(c2ccc(Cl)cc2)C1=O. The normalized spacial score (nSPS) is 16.0. The molecule has 0 spiro atoms. The summed E-state index contributed by atoms with van der Waals surface area (Å²) in [5.74, 6) is 4.72. The minimum absolute atomic E-state index is 0.0264. The Hall–Kier alpha value is -2.16. The molecule has 2 rings (SSSR count). The summed E-state index contributed by atoms with van der Waals surface area (Å²) in [6, 6.07) is 6.64. The van der Waals surface area contributed by atoms with Crippen molar-refractivity contribution in [2.24, 2.45) is 0 Å². The van der Waals surface area contributed by atoms with Crippen LogP contribution >= 0.6 is 23.8 Å². The number of allylic oxidation sites excluding steroid dienone is 1. The van der Waals surface area contributed by atoms with Crippen LogP contribution in [0.25, 0.3) is 0 Å². The third-order valence-corrected chi connectivity index (χ3v) is 3.95. The van der Waals surface area contributed by atoms with E-state index in [1.54, 1.807) is 24.3 Å². The fraction of sp³-hybridized carbons (Fsp3) is 0.278. The molecule has 0 saturated carbocycles. The van der Waals surface area contributed by atoms with Gasteiger partial charge in [-0.05, 0) is 42.9 Å². The number of carbonyl (C=O) groups excluding carboxylic acids is 2. The molecule has 0 unspecified atom stereocenters. The second kappa shape index (κ2) is 8.62. The lowest BCUT2D eigenvalue weighted by Gasteiger charge is -2.28. The van der Waals surface area contributed by atoms with Crippen LogP contribution in [0.15, 0.2) is 35.9 Å². The van der Waals surface area contributed by atoms with Gasteiger partial charge in [-0.15, -0.1) is 0 Å². The van der Waals surface area contributed by atoms with Crippen molar-refractivity contribution in [2.75, 3.05) is 4.90 Å². The number of carbonyl (C=O) groups is 2. The summed E-state index contributed by atoms with van der Waals surface area (Å²) in [6.07, 6.45) is 5.34. The maximum atomic E-state index is 12.6. The molecule has 2 amide bonds. The summed E-state index contributed by atoms with van der Waals surface area (Å²) in [4.78, 5) is 25.9. The molecule has 1 aromatic rings. The number of hydrogen-bond acceptors (Lipinski definition) is 3. The van der Waals surface area contributed by atoms with Crippen molar-refractivity contribution in [1.29, 1.82) is 0 Å². The van der Waals surface area contributed by atoms with Crippen LogP contribution in [0.3, 0.4) is 0 Å². The molecule has 4 nitrogen and oxygen atoms in total. The Morgan fingerprint density at radius 2 is 1.96 bits per heavy atom. The first-order chi connectivity index (χ1) is 11.5. The van der Waals surface area contributed by atoms with Crippen LogP contribution in [0.4, 0.5) is 5.69 Å². The van der Waals surface area contributed by atoms with E-state index in [0.717, 1.165) is 25.7 Å². The minimum Gasteiger partial charge on any atom is -0.298 e. The second-order valence-corrected chi connectivity index (χ2v) is 6.04. The van der Waals surface area contributed by atoms with Crippen molar-refractivity contribution in [2.45, 2.75) is 32.6 Å². The number of nitrogens with one attached hydrogen (secondary N) is 1. The van der Waals surface area contributed by atoms with Gasteiger partial charge in [0.1, 0.15) is 5.57 Å². The summed E-state index contributed by atoms with van der Waals surface area (Å²) < 4.78 is 0. The summed E-state index contributed by atoms with van der Waals surface area (Å²) in [7, 11) is 0. The zero-order valence-corrected chi connectivity index (χ0v) is 14.8. The molecule has 24 heavy (non-hydrogen) atoms. The van der Waals surface area contributed by atoms with Crippen LogP contribution in [0.1, 0.15) is 32.6 Å². The van der Waals surface area contributed by atoms with E-state index in [0.29, 0.717) is 10.7 Å². The van der Waals surface area contributed by atoms with Crippen molar-refractivity contribution in [1.82, 2.24) is 5.32 Å². The van der Waals surface area contributed by atoms with Crippen LogP contribution in [-0.2, 0) is 9.59 Å². The van der Waals surface area contributed by atoms with E-state index in [2.05, 4.69) is 24.1 Å². The highest BCUT2D eigenvalue weighted by Gasteiger charge is 2.34. The van der Waals surface area contributed by atoms with Gasteiger partial charge in [0.05, 0.1) is 5.69 Å². The van der Waals surface area contributed by atoms with Gasteiger partial charge < -0.3 is 0 Å². The molecule has 0 atom stereocenters. The Labute approximate surface area is 151 Å². The van der Waals surface area contributed by atoms with E-state index in [1.807, 2.05) is 0 Å². The molecule has 1 aromatic carbocycles. The van der Waals surface area contributed by atoms with Gasteiger partial charge in [-0.2, -0.15) is 0 Å². The fourth-order valence-corrected chi connectivity index (χ4v) is 2.55. The average Bonchev–Trinajstić information content (AvgIpc) is 2.55. The number of hydrogen-bond donors (Lipinski definition) is 1. The number of anilines is 1. The van der Waals surface area contributed by atoms with Gasteiger partial charge in [-0.25, -0.2) is 0 Å². The monoisotopic (exact) mass is 360 g/mol. The lowest BCUT2D eigenvalue weighted by molar-refractivity contribution is -0.122. The number of thiocarbonyl (C=S) groups is 1. The molecule has 1 heterocycles. The Morgan fingerprint density at radius 1 is 1.25 bits per heavy atom. The van der Waals surface area contributed by atoms with Gasteiger partial charge in [0.2, 0.25) is 0 Å². The topological polar surface area (TPSA) is 49.4 Å².